The van der Waals surface area contributed by atoms with Gasteiger partial charge in [-0.15, -0.1) is 5.10 Å². The Morgan fingerprint density at radius 1 is 1.50 bits per heavy atom. The molecule has 0 atom stereocenters. The number of rotatable bonds is 5. The molecule has 2 rings (SSSR count). The van der Waals surface area contributed by atoms with E-state index in [0.29, 0.717) is 18.3 Å². The van der Waals surface area contributed by atoms with Crippen LogP contribution in [-0.4, -0.2) is 26.0 Å². The van der Waals surface area contributed by atoms with Crippen molar-refractivity contribution in [1.29, 1.82) is 0 Å². The van der Waals surface area contributed by atoms with E-state index in [2.05, 4.69) is 15.6 Å². The summed E-state index contributed by atoms with van der Waals surface area (Å²) in [5.41, 5.74) is 0.482. The lowest BCUT2D eigenvalue weighted by molar-refractivity contribution is -0.384. The Hall–Kier alpha value is -2.35. The summed E-state index contributed by atoms with van der Waals surface area (Å²) in [5, 5.41) is 21.9. The molecule has 0 saturated carbocycles. The van der Waals surface area contributed by atoms with Gasteiger partial charge in [0.1, 0.15) is 11.5 Å². The molecule has 1 aromatic heterocycles. The average molecular weight is 279 g/mol. The maximum atomic E-state index is 13.1. The molecule has 2 aromatic rings. The van der Waals surface area contributed by atoms with Gasteiger partial charge in [0.05, 0.1) is 22.9 Å². The highest BCUT2D eigenvalue weighted by Gasteiger charge is 2.17. The van der Waals surface area contributed by atoms with E-state index >= 15 is 0 Å². The fourth-order valence-electron chi connectivity index (χ4n) is 1.64. The van der Waals surface area contributed by atoms with E-state index in [9.17, 15) is 14.5 Å². The van der Waals surface area contributed by atoms with Crippen molar-refractivity contribution in [3.05, 3.63) is 46.0 Å². The van der Waals surface area contributed by atoms with Crippen molar-refractivity contribution in [1.82, 2.24) is 20.3 Å². The Labute approximate surface area is 114 Å². The third kappa shape index (κ3) is 3.15. The van der Waals surface area contributed by atoms with Gasteiger partial charge < -0.3 is 5.32 Å². The van der Waals surface area contributed by atoms with Crippen molar-refractivity contribution in [3.8, 4) is 5.69 Å². The molecule has 0 fully saturated rings. The lowest BCUT2D eigenvalue weighted by Crippen LogP contribution is -2.21. The van der Waals surface area contributed by atoms with Crippen LogP contribution in [0.15, 0.2) is 24.4 Å². The first-order valence-corrected chi connectivity index (χ1v) is 6.06. The Morgan fingerprint density at radius 2 is 2.25 bits per heavy atom. The van der Waals surface area contributed by atoms with Crippen LogP contribution in [0.2, 0.25) is 0 Å². The standard InChI is InChI=1S/C12H14FN5O2/c1-8(2)14-6-10-7-17(16-15-10)11-4-3-9(13)5-12(11)18(19)20/h3-5,7-8,14H,6H2,1-2H3. The van der Waals surface area contributed by atoms with Crippen LogP contribution in [0.1, 0.15) is 19.5 Å². The second kappa shape index (κ2) is 5.74. The monoisotopic (exact) mass is 279 g/mol. The molecule has 1 aromatic carbocycles. The van der Waals surface area contributed by atoms with Gasteiger partial charge in [0, 0.05) is 12.6 Å². The van der Waals surface area contributed by atoms with Crippen molar-refractivity contribution >= 4 is 5.69 Å². The van der Waals surface area contributed by atoms with E-state index in [0.717, 1.165) is 12.1 Å². The summed E-state index contributed by atoms with van der Waals surface area (Å²) < 4.78 is 14.4. The molecule has 0 aliphatic heterocycles. The number of aromatic nitrogens is 3. The molecule has 0 amide bonds. The van der Waals surface area contributed by atoms with Gasteiger partial charge in [-0.3, -0.25) is 10.1 Å². The molecular weight excluding hydrogens is 265 g/mol. The summed E-state index contributed by atoms with van der Waals surface area (Å²) in [6, 6.07) is 3.61. The molecule has 0 saturated heterocycles. The first-order chi connectivity index (χ1) is 9.47. The van der Waals surface area contributed by atoms with E-state index in [-0.39, 0.29) is 11.4 Å². The number of nitrogens with zero attached hydrogens (tertiary/aromatic N) is 4. The van der Waals surface area contributed by atoms with Gasteiger partial charge in [0.2, 0.25) is 0 Å². The first kappa shape index (κ1) is 14.1. The maximum absolute atomic E-state index is 13.1. The fraction of sp³-hybridized carbons (Fsp3) is 0.333. The molecule has 8 heteroatoms. The zero-order valence-corrected chi connectivity index (χ0v) is 11.1. The van der Waals surface area contributed by atoms with E-state index in [4.69, 9.17) is 0 Å². The third-order valence-corrected chi connectivity index (χ3v) is 2.61. The van der Waals surface area contributed by atoms with Crippen molar-refractivity contribution < 1.29 is 9.31 Å². The summed E-state index contributed by atoms with van der Waals surface area (Å²) in [5.74, 6) is -0.665. The highest BCUT2D eigenvalue weighted by atomic mass is 19.1. The summed E-state index contributed by atoms with van der Waals surface area (Å²) in [6.45, 7) is 4.50. The summed E-state index contributed by atoms with van der Waals surface area (Å²) >= 11 is 0. The Kier molecular flexibility index (Phi) is 4.04. The molecular formula is C12H14FN5O2. The fourth-order valence-corrected chi connectivity index (χ4v) is 1.64. The van der Waals surface area contributed by atoms with E-state index < -0.39 is 10.7 Å². The lowest BCUT2D eigenvalue weighted by Gasteiger charge is -2.04. The van der Waals surface area contributed by atoms with Gasteiger partial charge in [0.25, 0.3) is 5.69 Å². The zero-order chi connectivity index (χ0) is 14.7. The second-order valence-corrected chi connectivity index (χ2v) is 4.58. The molecule has 20 heavy (non-hydrogen) atoms. The van der Waals surface area contributed by atoms with Gasteiger partial charge in [-0.2, -0.15) is 0 Å². The van der Waals surface area contributed by atoms with E-state index in [1.807, 2.05) is 13.8 Å². The minimum Gasteiger partial charge on any atom is -0.309 e. The van der Waals surface area contributed by atoms with Crippen LogP contribution in [-0.2, 0) is 6.54 Å². The molecule has 0 aliphatic rings. The molecule has 106 valence electrons. The van der Waals surface area contributed by atoms with Crippen LogP contribution >= 0.6 is 0 Å². The normalized spacial score (nSPS) is 11.0. The Morgan fingerprint density at radius 3 is 2.90 bits per heavy atom. The third-order valence-electron chi connectivity index (χ3n) is 2.61. The first-order valence-electron chi connectivity index (χ1n) is 6.06. The molecule has 0 unspecified atom stereocenters. The summed E-state index contributed by atoms with van der Waals surface area (Å²) in [4.78, 5) is 10.3. The van der Waals surface area contributed by atoms with Gasteiger partial charge >= 0.3 is 0 Å². The SMILES string of the molecule is CC(C)NCc1cn(-c2ccc(F)cc2[N+](=O)[O-])nn1. The predicted molar refractivity (Wildman–Crippen MR) is 69.9 cm³/mol. The minimum atomic E-state index is -0.665. The van der Waals surface area contributed by atoms with Crippen LogP contribution < -0.4 is 5.32 Å². The van der Waals surface area contributed by atoms with Crippen LogP contribution in [0.4, 0.5) is 10.1 Å². The maximum Gasteiger partial charge on any atom is 0.297 e. The smallest absolute Gasteiger partial charge is 0.297 e. The van der Waals surface area contributed by atoms with Gasteiger partial charge in [-0.1, -0.05) is 19.1 Å². The van der Waals surface area contributed by atoms with Crippen LogP contribution in [0.25, 0.3) is 5.69 Å². The van der Waals surface area contributed by atoms with Crippen molar-refractivity contribution in [2.24, 2.45) is 0 Å². The molecule has 0 radical (unpaired) electrons. The highest BCUT2D eigenvalue weighted by Crippen LogP contribution is 2.23. The largest absolute Gasteiger partial charge is 0.309 e. The van der Waals surface area contributed by atoms with Gasteiger partial charge in [-0.05, 0) is 12.1 Å². The van der Waals surface area contributed by atoms with Crippen molar-refractivity contribution in [2.75, 3.05) is 0 Å². The molecule has 1 N–H and O–H groups in total. The van der Waals surface area contributed by atoms with Crippen LogP contribution in [0, 0.1) is 15.9 Å². The quantitative estimate of drug-likeness (QED) is 0.666. The molecule has 0 bridgehead atoms. The molecule has 7 nitrogen and oxygen atoms in total. The number of benzene rings is 1. The number of nitro benzene ring substituents is 1. The molecule has 0 aliphatic carbocycles. The number of nitrogens with one attached hydrogen (secondary N) is 1. The number of halogens is 1. The highest BCUT2D eigenvalue weighted by molar-refractivity contribution is 5.51. The molecule has 0 spiro atoms. The summed E-state index contributed by atoms with van der Waals surface area (Å²) in [6.07, 6.45) is 1.58. The summed E-state index contributed by atoms with van der Waals surface area (Å²) in [7, 11) is 0. The average Bonchev–Trinajstić information content (AvgIpc) is 2.84. The number of nitro groups is 1. The van der Waals surface area contributed by atoms with Gasteiger partial charge in [0.15, 0.2) is 0 Å². The minimum absolute atomic E-state index is 0.180. The lowest BCUT2D eigenvalue weighted by atomic mass is 10.2. The Bertz CT molecular complexity index is 626. The Balaban J connectivity index is 2.30. The number of hydrogen-bond donors (Lipinski definition) is 1. The van der Waals surface area contributed by atoms with Crippen LogP contribution in [0.3, 0.4) is 0 Å². The van der Waals surface area contributed by atoms with Gasteiger partial charge in [-0.25, -0.2) is 9.07 Å². The molecule has 1 heterocycles. The van der Waals surface area contributed by atoms with Crippen molar-refractivity contribution in [3.63, 3.8) is 0 Å². The topological polar surface area (TPSA) is 85.9 Å². The zero-order valence-electron chi connectivity index (χ0n) is 11.1. The van der Waals surface area contributed by atoms with Crippen molar-refractivity contribution in [2.45, 2.75) is 26.4 Å². The van der Waals surface area contributed by atoms with E-state index in [1.54, 1.807) is 6.20 Å². The number of hydrogen-bond acceptors (Lipinski definition) is 5. The van der Waals surface area contributed by atoms with Crippen LogP contribution in [0.5, 0.6) is 0 Å². The predicted octanol–water partition coefficient (Wildman–Crippen LogP) is 1.81. The second-order valence-electron chi connectivity index (χ2n) is 4.58. The van der Waals surface area contributed by atoms with E-state index in [1.165, 1.54) is 10.7 Å².